The molecule has 0 radical (unpaired) electrons. The number of likely N-dealkylation sites (tertiary alicyclic amines) is 1. The molecule has 4 heteroatoms. The van der Waals surface area contributed by atoms with E-state index >= 15 is 0 Å². The number of amides is 1. The fourth-order valence-electron chi connectivity index (χ4n) is 2.78. The molecule has 2 rings (SSSR count). The molecule has 1 unspecified atom stereocenters. The molecule has 1 saturated heterocycles. The van der Waals surface area contributed by atoms with Crippen molar-refractivity contribution >= 4 is 17.6 Å². The Hall–Kier alpha value is -1.19. The van der Waals surface area contributed by atoms with Crippen LogP contribution in [-0.2, 0) is 4.79 Å². The number of aliphatic imine (C=N–C) groups is 2. The van der Waals surface area contributed by atoms with Gasteiger partial charge in [-0.3, -0.25) is 4.79 Å². The summed E-state index contributed by atoms with van der Waals surface area (Å²) in [6.45, 7) is 6.14. The second-order valence-electron chi connectivity index (χ2n) is 5.60. The molecule has 19 heavy (non-hydrogen) atoms. The number of rotatable bonds is 4. The van der Waals surface area contributed by atoms with Gasteiger partial charge in [-0.15, -0.1) is 0 Å². The molecule has 2 heterocycles. The summed E-state index contributed by atoms with van der Waals surface area (Å²) in [6, 6.07) is 0. The number of hydrogen-bond donors (Lipinski definition) is 0. The predicted octanol–water partition coefficient (Wildman–Crippen LogP) is 3.03. The van der Waals surface area contributed by atoms with Gasteiger partial charge in [0, 0.05) is 18.8 Å². The molecule has 0 aromatic heterocycles. The Labute approximate surface area is 116 Å². The Bertz CT molecular complexity index is 381. The van der Waals surface area contributed by atoms with Crippen molar-refractivity contribution in [3.63, 3.8) is 0 Å². The van der Waals surface area contributed by atoms with Gasteiger partial charge in [0.1, 0.15) is 0 Å². The van der Waals surface area contributed by atoms with Crippen LogP contribution in [0.25, 0.3) is 0 Å². The first kappa shape index (κ1) is 14.2. The molecule has 2 aliphatic heterocycles. The Kier molecular flexibility index (Phi) is 5.11. The van der Waals surface area contributed by atoms with E-state index in [4.69, 9.17) is 0 Å². The third kappa shape index (κ3) is 3.64. The Balaban J connectivity index is 1.98. The van der Waals surface area contributed by atoms with Gasteiger partial charge in [0.25, 0.3) is 5.91 Å². The summed E-state index contributed by atoms with van der Waals surface area (Å²) >= 11 is 0. The summed E-state index contributed by atoms with van der Waals surface area (Å²) in [4.78, 5) is 23.1. The molecule has 4 nitrogen and oxygen atoms in total. The lowest BCUT2D eigenvalue weighted by Crippen LogP contribution is -2.39. The van der Waals surface area contributed by atoms with Crippen molar-refractivity contribution in [3.05, 3.63) is 0 Å². The van der Waals surface area contributed by atoms with Gasteiger partial charge < -0.3 is 4.90 Å². The molecular formula is C15H25N3O. The monoisotopic (exact) mass is 263 g/mol. The normalized spacial score (nSPS) is 24.2. The van der Waals surface area contributed by atoms with E-state index in [2.05, 4.69) is 21.8 Å². The van der Waals surface area contributed by atoms with E-state index in [1.54, 1.807) is 0 Å². The molecule has 2 aliphatic rings. The largest absolute Gasteiger partial charge is 0.341 e. The summed E-state index contributed by atoms with van der Waals surface area (Å²) in [6.07, 6.45) is 8.00. The van der Waals surface area contributed by atoms with Crippen LogP contribution < -0.4 is 0 Å². The van der Waals surface area contributed by atoms with Crippen LogP contribution >= 0.6 is 0 Å². The number of unbranched alkanes of at least 4 members (excludes halogenated alkanes) is 2. The standard InChI is InChI=1S/C15H25N3O/c1-3-4-6-9-13-12(2)16-15(17-14(13)19)18-10-7-5-8-11-18/h13H,3-11H2,1-2H3. The number of piperidine rings is 1. The van der Waals surface area contributed by atoms with Crippen LogP contribution in [0.5, 0.6) is 0 Å². The zero-order valence-electron chi connectivity index (χ0n) is 12.2. The second kappa shape index (κ2) is 6.83. The molecule has 0 N–H and O–H groups in total. The van der Waals surface area contributed by atoms with Gasteiger partial charge in [-0.05, 0) is 32.6 Å². The summed E-state index contributed by atoms with van der Waals surface area (Å²) in [5.74, 6) is 0.609. The van der Waals surface area contributed by atoms with Gasteiger partial charge in [0.15, 0.2) is 0 Å². The van der Waals surface area contributed by atoms with Crippen LogP contribution in [-0.4, -0.2) is 35.6 Å². The highest BCUT2D eigenvalue weighted by Gasteiger charge is 2.27. The van der Waals surface area contributed by atoms with Crippen LogP contribution in [0.1, 0.15) is 58.8 Å². The van der Waals surface area contributed by atoms with Gasteiger partial charge >= 0.3 is 0 Å². The highest BCUT2D eigenvalue weighted by Crippen LogP contribution is 2.20. The smallest absolute Gasteiger partial charge is 0.257 e. The predicted molar refractivity (Wildman–Crippen MR) is 78.6 cm³/mol. The minimum absolute atomic E-state index is 0.0178. The number of nitrogens with zero attached hydrogens (tertiary/aromatic N) is 3. The summed E-state index contributed by atoms with van der Waals surface area (Å²) in [5.41, 5.74) is 0.955. The van der Waals surface area contributed by atoms with Crippen molar-refractivity contribution in [2.75, 3.05) is 13.1 Å². The van der Waals surface area contributed by atoms with Crippen LogP contribution in [0.3, 0.4) is 0 Å². The highest BCUT2D eigenvalue weighted by molar-refractivity contribution is 6.14. The number of carbonyl (C=O) groups is 1. The molecule has 1 amide bonds. The Morgan fingerprint density at radius 2 is 1.89 bits per heavy atom. The fourth-order valence-corrected chi connectivity index (χ4v) is 2.78. The number of hydrogen-bond acceptors (Lipinski definition) is 3. The van der Waals surface area contributed by atoms with Gasteiger partial charge in [0.05, 0.1) is 5.92 Å². The van der Waals surface area contributed by atoms with Crippen molar-refractivity contribution in [1.82, 2.24) is 4.90 Å². The van der Waals surface area contributed by atoms with Crippen molar-refractivity contribution in [1.29, 1.82) is 0 Å². The van der Waals surface area contributed by atoms with Crippen molar-refractivity contribution in [2.45, 2.75) is 58.8 Å². The van der Waals surface area contributed by atoms with Crippen LogP contribution in [0.15, 0.2) is 9.98 Å². The SMILES string of the molecule is CCCCCC1C(=O)N=C(N2CCCCC2)N=C1C. The van der Waals surface area contributed by atoms with Gasteiger partial charge in [0.2, 0.25) is 5.96 Å². The second-order valence-corrected chi connectivity index (χ2v) is 5.60. The Morgan fingerprint density at radius 1 is 1.16 bits per heavy atom. The maximum Gasteiger partial charge on any atom is 0.257 e. The van der Waals surface area contributed by atoms with Crippen molar-refractivity contribution in [2.24, 2.45) is 15.9 Å². The fraction of sp³-hybridized carbons (Fsp3) is 0.800. The lowest BCUT2D eigenvalue weighted by atomic mass is 9.95. The van der Waals surface area contributed by atoms with E-state index in [9.17, 15) is 4.79 Å². The molecule has 0 aromatic carbocycles. The summed E-state index contributed by atoms with van der Waals surface area (Å²) < 4.78 is 0. The average molecular weight is 263 g/mol. The molecule has 0 bridgehead atoms. The minimum Gasteiger partial charge on any atom is -0.341 e. The van der Waals surface area contributed by atoms with E-state index in [0.29, 0.717) is 5.96 Å². The molecule has 0 saturated carbocycles. The quantitative estimate of drug-likeness (QED) is 0.732. The molecule has 0 spiro atoms. The first-order valence-corrected chi connectivity index (χ1v) is 7.65. The topological polar surface area (TPSA) is 45.0 Å². The molecule has 1 atom stereocenters. The lowest BCUT2D eigenvalue weighted by Gasteiger charge is -2.30. The van der Waals surface area contributed by atoms with E-state index in [1.807, 2.05) is 6.92 Å². The van der Waals surface area contributed by atoms with Crippen molar-refractivity contribution in [3.8, 4) is 0 Å². The maximum atomic E-state index is 12.2. The summed E-state index contributed by atoms with van der Waals surface area (Å²) in [7, 11) is 0. The lowest BCUT2D eigenvalue weighted by molar-refractivity contribution is -0.120. The minimum atomic E-state index is -0.0694. The van der Waals surface area contributed by atoms with Crippen molar-refractivity contribution < 1.29 is 4.79 Å². The van der Waals surface area contributed by atoms with Crippen LogP contribution in [0, 0.1) is 5.92 Å². The zero-order valence-corrected chi connectivity index (χ0v) is 12.2. The maximum absolute atomic E-state index is 12.2. The van der Waals surface area contributed by atoms with E-state index in [0.717, 1.165) is 31.6 Å². The molecular weight excluding hydrogens is 238 g/mol. The highest BCUT2D eigenvalue weighted by atomic mass is 16.1. The van der Waals surface area contributed by atoms with Gasteiger partial charge in [-0.1, -0.05) is 26.2 Å². The first-order valence-electron chi connectivity index (χ1n) is 7.65. The zero-order chi connectivity index (χ0) is 13.7. The number of carbonyl (C=O) groups excluding carboxylic acids is 1. The number of guanidine groups is 1. The van der Waals surface area contributed by atoms with E-state index < -0.39 is 0 Å². The van der Waals surface area contributed by atoms with E-state index in [-0.39, 0.29) is 11.8 Å². The third-order valence-electron chi connectivity index (χ3n) is 4.02. The van der Waals surface area contributed by atoms with Gasteiger partial charge in [-0.2, -0.15) is 4.99 Å². The molecule has 106 valence electrons. The molecule has 0 aromatic rings. The van der Waals surface area contributed by atoms with E-state index in [1.165, 1.54) is 32.1 Å². The first-order chi connectivity index (χ1) is 9.22. The van der Waals surface area contributed by atoms with Crippen LogP contribution in [0.2, 0.25) is 0 Å². The summed E-state index contributed by atoms with van der Waals surface area (Å²) in [5, 5.41) is 0. The molecule has 0 aliphatic carbocycles. The Morgan fingerprint density at radius 3 is 2.53 bits per heavy atom. The van der Waals surface area contributed by atoms with Gasteiger partial charge in [-0.25, -0.2) is 4.99 Å². The molecule has 1 fully saturated rings. The van der Waals surface area contributed by atoms with Crippen LogP contribution in [0.4, 0.5) is 0 Å². The average Bonchev–Trinajstić information content (AvgIpc) is 2.43. The third-order valence-corrected chi connectivity index (χ3v) is 4.02.